The van der Waals surface area contributed by atoms with Crippen LogP contribution in [-0.2, 0) is 16.1 Å². The number of aromatic nitrogens is 1. The Morgan fingerprint density at radius 2 is 1.85 bits per heavy atom. The van der Waals surface area contributed by atoms with Gasteiger partial charge in [0, 0.05) is 6.20 Å². The van der Waals surface area contributed by atoms with Gasteiger partial charge in [0.25, 0.3) is 0 Å². The van der Waals surface area contributed by atoms with E-state index in [-0.39, 0.29) is 29.8 Å². The quantitative estimate of drug-likeness (QED) is 0.802. The smallest absolute Gasteiger partial charge is 0.228 e. The molecule has 0 spiro atoms. The maximum Gasteiger partial charge on any atom is 0.228 e. The van der Waals surface area contributed by atoms with Gasteiger partial charge in [-0.3, -0.25) is 14.6 Å². The second-order valence-corrected chi connectivity index (χ2v) is 6.64. The number of rotatable bonds is 7. The monoisotopic (exact) mass is 353 g/mol. The predicted octanol–water partition coefficient (Wildman–Crippen LogP) is 2.76. The normalized spacial score (nSPS) is 18.3. The Hall–Kier alpha value is -2.89. The molecule has 1 aliphatic carbocycles. The summed E-state index contributed by atoms with van der Waals surface area (Å²) in [6, 6.07) is 12.9. The van der Waals surface area contributed by atoms with Crippen molar-refractivity contribution in [3.05, 3.63) is 54.4 Å². The zero-order chi connectivity index (χ0) is 18.5. The van der Waals surface area contributed by atoms with Crippen molar-refractivity contribution in [3.63, 3.8) is 0 Å². The van der Waals surface area contributed by atoms with E-state index in [1.165, 1.54) is 0 Å². The van der Waals surface area contributed by atoms with Gasteiger partial charge in [0.1, 0.15) is 5.75 Å². The number of ether oxygens (including phenoxy) is 1. The lowest BCUT2D eigenvalue weighted by molar-refractivity contribution is -0.125. The highest BCUT2D eigenvalue weighted by Crippen LogP contribution is 2.40. The number of carbonyl (C=O) groups is 2. The standard InChI is InChI=1S/C20H23N3O3/c1-13(2)26-18-9-4-3-8-17(18)23-20(25)16-11-15(16)19(24)22-12-14-7-5-6-10-21-14/h3-10,13,15-16H,11-12H2,1-2H3,(H,22,24)(H,23,25). The Labute approximate surface area is 153 Å². The lowest BCUT2D eigenvalue weighted by atomic mass is 10.2. The predicted molar refractivity (Wildman–Crippen MR) is 98.5 cm³/mol. The Balaban J connectivity index is 1.52. The van der Waals surface area contributed by atoms with Crippen molar-refractivity contribution in [1.29, 1.82) is 0 Å². The van der Waals surface area contributed by atoms with Crippen molar-refractivity contribution in [2.45, 2.75) is 32.9 Å². The summed E-state index contributed by atoms with van der Waals surface area (Å²) in [6.45, 7) is 4.23. The topological polar surface area (TPSA) is 80.3 Å². The second-order valence-electron chi connectivity index (χ2n) is 6.64. The first kappa shape index (κ1) is 17.9. The number of carbonyl (C=O) groups excluding carboxylic acids is 2. The molecule has 1 saturated carbocycles. The molecule has 1 fully saturated rings. The van der Waals surface area contributed by atoms with Crippen LogP contribution in [0.25, 0.3) is 0 Å². The van der Waals surface area contributed by atoms with Crippen molar-refractivity contribution in [1.82, 2.24) is 10.3 Å². The molecule has 2 amide bonds. The molecule has 0 radical (unpaired) electrons. The van der Waals surface area contributed by atoms with Gasteiger partial charge < -0.3 is 15.4 Å². The van der Waals surface area contributed by atoms with E-state index < -0.39 is 0 Å². The van der Waals surface area contributed by atoms with Gasteiger partial charge in [-0.15, -0.1) is 0 Å². The van der Waals surface area contributed by atoms with Crippen LogP contribution in [0, 0.1) is 11.8 Å². The summed E-state index contributed by atoms with van der Waals surface area (Å²) in [5.74, 6) is -0.208. The molecular formula is C20H23N3O3. The molecule has 1 aliphatic rings. The summed E-state index contributed by atoms with van der Waals surface area (Å²) >= 11 is 0. The lowest BCUT2D eigenvalue weighted by Gasteiger charge is -2.14. The van der Waals surface area contributed by atoms with Crippen molar-refractivity contribution < 1.29 is 14.3 Å². The SMILES string of the molecule is CC(C)Oc1ccccc1NC(=O)C1CC1C(=O)NCc1ccccn1. The minimum absolute atomic E-state index is 0.0131. The molecule has 1 aromatic heterocycles. The minimum Gasteiger partial charge on any atom is -0.489 e. The first-order valence-electron chi connectivity index (χ1n) is 8.78. The Morgan fingerprint density at radius 1 is 1.12 bits per heavy atom. The van der Waals surface area contributed by atoms with E-state index in [1.54, 1.807) is 12.3 Å². The summed E-state index contributed by atoms with van der Waals surface area (Å²) in [4.78, 5) is 28.8. The largest absolute Gasteiger partial charge is 0.489 e. The maximum absolute atomic E-state index is 12.4. The van der Waals surface area contributed by atoms with E-state index in [1.807, 2.05) is 50.2 Å². The lowest BCUT2D eigenvalue weighted by Crippen LogP contribution is -2.27. The molecule has 2 atom stereocenters. The zero-order valence-electron chi connectivity index (χ0n) is 14.9. The molecule has 26 heavy (non-hydrogen) atoms. The van der Waals surface area contributed by atoms with Crippen LogP contribution < -0.4 is 15.4 Å². The molecule has 2 unspecified atom stereocenters. The van der Waals surface area contributed by atoms with Gasteiger partial charge in [-0.05, 0) is 44.5 Å². The van der Waals surface area contributed by atoms with Crippen molar-refractivity contribution in [3.8, 4) is 5.75 Å². The van der Waals surface area contributed by atoms with Gasteiger partial charge in [0.05, 0.1) is 35.9 Å². The average molecular weight is 353 g/mol. The third-order valence-electron chi connectivity index (χ3n) is 4.14. The number of nitrogens with one attached hydrogen (secondary N) is 2. The fraction of sp³-hybridized carbons (Fsp3) is 0.350. The van der Waals surface area contributed by atoms with Crippen LogP contribution in [0.15, 0.2) is 48.7 Å². The van der Waals surface area contributed by atoms with Crippen LogP contribution >= 0.6 is 0 Å². The third-order valence-corrected chi connectivity index (χ3v) is 4.14. The number of nitrogens with zero attached hydrogens (tertiary/aromatic N) is 1. The number of hydrogen-bond acceptors (Lipinski definition) is 4. The number of benzene rings is 1. The molecule has 0 aliphatic heterocycles. The van der Waals surface area contributed by atoms with E-state index in [0.29, 0.717) is 24.4 Å². The van der Waals surface area contributed by atoms with Gasteiger partial charge in [-0.25, -0.2) is 0 Å². The molecule has 1 heterocycles. The van der Waals surface area contributed by atoms with Crippen LogP contribution in [0.1, 0.15) is 26.0 Å². The molecule has 3 rings (SSSR count). The molecule has 2 aromatic rings. The van der Waals surface area contributed by atoms with Crippen LogP contribution in [0.5, 0.6) is 5.75 Å². The summed E-state index contributed by atoms with van der Waals surface area (Å²) in [5, 5.41) is 5.72. The van der Waals surface area contributed by atoms with E-state index in [4.69, 9.17) is 4.74 Å². The highest BCUT2D eigenvalue weighted by Gasteiger charge is 2.48. The van der Waals surface area contributed by atoms with E-state index >= 15 is 0 Å². The summed E-state index contributed by atoms with van der Waals surface area (Å²) in [5.41, 5.74) is 1.42. The van der Waals surface area contributed by atoms with Crippen LogP contribution in [-0.4, -0.2) is 22.9 Å². The number of amides is 2. The van der Waals surface area contributed by atoms with Crippen LogP contribution in [0.3, 0.4) is 0 Å². The summed E-state index contributed by atoms with van der Waals surface area (Å²) in [7, 11) is 0. The Morgan fingerprint density at radius 3 is 2.58 bits per heavy atom. The molecule has 0 saturated heterocycles. The number of para-hydroxylation sites is 2. The summed E-state index contributed by atoms with van der Waals surface area (Å²) in [6.07, 6.45) is 2.26. The molecule has 6 nitrogen and oxygen atoms in total. The fourth-order valence-electron chi connectivity index (χ4n) is 2.74. The minimum atomic E-state index is -0.300. The van der Waals surface area contributed by atoms with Gasteiger partial charge in [-0.1, -0.05) is 18.2 Å². The Kier molecular flexibility index (Phi) is 5.51. The first-order chi connectivity index (χ1) is 12.5. The highest BCUT2D eigenvalue weighted by atomic mass is 16.5. The van der Waals surface area contributed by atoms with E-state index in [2.05, 4.69) is 15.6 Å². The molecule has 2 N–H and O–H groups in total. The maximum atomic E-state index is 12.4. The average Bonchev–Trinajstić information content (AvgIpc) is 3.43. The van der Waals surface area contributed by atoms with Crippen LogP contribution in [0.2, 0.25) is 0 Å². The molecule has 6 heteroatoms. The van der Waals surface area contributed by atoms with Crippen molar-refractivity contribution >= 4 is 17.5 Å². The van der Waals surface area contributed by atoms with E-state index in [9.17, 15) is 9.59 Å². The first-order valence-corrected chi connectivity index (χ1v) is 8.78. The third kappa shape index (κ3) is 4.59. The number of hydrogen-bond donors (Lipinski definition) is 2. The van der Waals surface area contributed by atoms with Gasteiger partial charge in [0.2, 0.25) is 11.8 Å². The van der Waals surface area contributed by atoms with E-state index in [0.717, 1.165) is 5.69 Å². The van der Waals surface area contributed by atoms with Gasteiger partial charge in [0.15, 0.2) is 0 Å². The molecule has 1 aromatic carbocycles. The zero-order valence-corrected chi connectivity index (χ0v) is 14.9. The van der Waals surface area contributed by atoms with Gasteiger partial charge >= 0.3 is 0 Å². The van der Waals surface area contributed by atoms with Crippen molar-refractivity contribution in [2.75, 3.05) is 5.32 Å². The highest BCUT2D eigenvalue weighted by molar-refractivity contribution is 6.00. The summed E-state index contributed by atoms with van der Waals surface area (Å²) < 4.78 is 5.71. The Bertz CT molecular complexity index is 777. The number of anilines is 1. The number of pyridine rings is 1. The molecule has 0 bridgehead atoms. The van der Waals surface area contributed by atoms with Gasteiger partial charge in [-0.2, -0.15) is 0 Å². The molecule has 136 valence electrons. The fourth-order valence-corrected chi connectivity index (χ4v) is 2.74. The second kappa shape index (κ2) is 7.99. The molecular weight excluding hydrogens is 330 g/mol. The van der Waals surface area contributed by atoms with Crippen molar-refractivity contribution in [2.24, 2.45) is 11.8 Å². The van der Waals surface area contributed by atoms with Crippen LogP contribution in [0.4, 0.5) is 5.69 Å².